The molecule has 2 N–H and O–H groups in total. The van der Waals surface area contributed by atoms with Gasteiger partial charge >= 0.3 is 12.1 Å². The number of esters is 1. The number of nitrogens with one attached hydrogen (secondary N) is 2. The van der Waals surface area contributed by atoms with Crippen molar-refractivity contribution in [3.63, 3.8) is 0 Å². The Kier molecular flexibility index (Phi) is 11.7. The number of likely N-dealkylation sites (tertiary alicyclic amines) is 1. The number of piperidine rings is 1. The van der Waals surface area contributed by atoms with Crippen LogP contribution in [0.25, 0.3) is 11.0 Å². The lowest BCUT2D eigenvalue weighted by Crippen LogP contribution is -2.52. The van der Waals surface area contributed by atoms with Crippen LogP contribution in [-0.4, -0.2) is 94.0 Å². The van der Waals surface area contributed by atoms with Crippen LogP contribution >= 0.6 is 12.2 Å². The molecule has 0 aromatic carbocycles. The fourth-order valence-electron chi connectivity index (χ4n) is 5.09. The Hall–Kier alpha value is -3.99. The number of thiocarbonyl (C=S) groups is 1. The zero-order valence-electron chi connectivity index (χ0n) is 25.8. The number of ether oxygens (including phenoxy) is 2. The zero-order valence-corrected chi connectivity index (χ0v) is 26.6. The van der Waals surface area contributed by atoms with Crippen LogP contribution in [0.2, 0.25) is 0 Å². The van der Waals surface area contributed by atoms with E-state index in [0.29, 0.717) is 56.3 Å². The minimum absolute atomic E-state index is 0.00330. The standard InChI is InChI=1S/C29H42N8O5S/c1-19-11-15-36(23(38)10-13-30)17-22(19)35(5)24-20-12-16-37(25(20)33-18-32-24)27(43)34-21(26(39)41-6)9-7-8-14-31-28(40)42-29(2,3)4/h12,16,18-19,21-22H,7-11,14-15,17H2,1-6H3,(H,31,40)(H,34,43)/t19-,21+,22+/m1/s1. The Morgan fingerprint density at radius 2 is 2.02 bits per heavy atom. The van der Waals surface area contributed by atoms with E-state index in [9.17, 15) is 14.4 Å². The minimum atomic E-state index is -0.694. The predicted molar refractivity (Wildman–Crippen MR) is 165 cm³/mol. The summed E-state index contributed by atoms with van der Waals surface area (Å²) in [4.78, 5) is 49.6. The number of amides is 2. The molecule has 2 aromatic rings. The number of carbonyl (C=O) groups is 3. The number of hydrogen-bond acceptors (Lipinski definition) is 10. The maximum atomic E-state index is 12.6. The lowest BCUT2D eigenvalue weighted by atomic mass is 9.92. The van der Waals surface area contributed by atoms with Gasteiger partial charge in [-0.05, 0) is 70.7 Å². The summed E-state index contributed by atoms with van der Waals surface area (Å²) in [5.74, 6) is 0.379. The molecule has 43 heavy (non-hydrogen) atoms. The molecule has 13 nitrogen and oxygen atoms in total. The van der Waals surface area contributed by atoms with Gasteiger partial charge in [0.05, 0.1) is 24.6 Å². The molecule has 0 unspecified atom stereocenters. The highest BCUT2D eigenvalue weighted by Gasteiger charge is 2.33. The Labute approximate surface area is 257 Å². The number of nitrogens with zero attached hydrogens (tertiary/aromatic N) is 6. The van der Waals surface area contributed by atoms with Gasteiger partial charge in [0, 0.05) is 32.9 Å². The summed E-state index contributed by atoms with van der Waals surface area (Å²) in [7, 11) is 3.27. The van der Waals surface area contributed by atoms with Crippen LogP contribution < -0.4 is 15.5 Å². The number of anilines is 1. The Balaban J connectivity index is 1.68. The Morgan fingerprint density at radius 3 is 2.70 bits per heavy atom. The molecule has 1 aliphatic rings. The molecule has 234 valence electrons. The van der Waals surface area contributed by atoms with Crippen LogP contribution in [0.1, 0.15) is 59.8 Å². The maximum Gasteiger partial charge on any atom is 0.407 e. The highest BCUT2D eigenvalue weighted by Crippen LogP contribution is 2.29. The largest absolute Gasteiger partial charge is 0.467 e. The van der Waals surface area contributed by atoms with E-state index in [1.54, 1.807) is 36.4 Å². The van der Waals surface area contributed by atoms with Crippen molar-refractivity contribution in [2.45, 2.75) is 77.5 Å². The van der Waals surface area contributed by atoms with E-state index in [1.165, 1.54) is 13.4 Å². The molecule has 0 bridgehead atoms. The number of carbonyl (C=O) groups excluding carboxylic acids is 3. The SMILES string of the molecule is COC(=O)[C@H](CCCCNC(=O)OC(C)(C)C)NC(=S)n1ccc2c(N(C)[C@H]3CN(C(=O)CC#N)CC[C@H]3C)ncnc21. The molecule has 0 saturated carbocycles. The smallest absolute Gasteiger partial charge is 0.407 e. The van der Waals surface area contributed by atoms with Gasteiger partial charge < -0.3 is 29.9 Å². The van der Waals surface area contributed by atoms with Gasteiger partial charge in [-0.25, -0.2) is 19.6 Å². The average molecular weight is 615 g/mol. The summed E-state index contributed by atoms with van der Waals surface area (Å²) in [6.07, 6.45) is 5.15. The van der Waals surface area contributed by atoms with E-state index >= 15 is 0 Å². The molecular formula is C29H42N8O5S. The maximum absolute atomic E-state index is 12.6. The topological polar surface area (TPSA) is 155 Å². The molecule has 14 heteroatoms. The first kappa shape index (κ1) is 33.5. The van der Waals surface area contributed by atoms with Crippen molar-refractivity contribution in [1.82, 2.24) is 30.1 Å². The molecule has 1 aliphatic heterocycles. The number of alkyl carbamates (subject to hydrolysis) is 1. The first-order valence-electron chi connectivity index (χ1n) is 14.4. The van der Waals surface area contributed by atoms with Gasteiger partial charge in [-0.1, -0.05) is 6.92 Å². The highest BCUT2D eigenvalue weighted by molar-refractivity contribution is 7.80. The molecule has 2 amide bonds. The van der Waals surface area contributed by atoms with Crippen LogP contribution in [0.4, 0.5) is 10.6 Å². The fourth-order valence-corrected chi connectivity index (χ4v) is 5.38. The Morgan fingerprint density at radius 1 is 1.28 bits per heavy atom. The molecule has 3 heterocycles. The fraction of sp³-hybridized carbons (Fsp3) is 0.621. The summed E-state index contributed by atoms with van der Waals surface area (Å²) in [5, 5.41) is 15.8. The number of nitriles is 1. The summed E-state index contributed by atoms with van der Waals surface area (Å²) in [5.41, 5.74) is -0.00172. The zero-order chi connectivity index (χ0) is 31.7. The van der Waals surface area contributed by atoms with Gasteiger partial charge in [0.2, 0.25) is 5.91 Å². The second-order valence-electron chi connectivity index (χ2n) is 11.7. The number of unbranched alkanes of at least 4 members (excludes halogenated alkanes) is 1. The van der Waals surface area contributed by atoms with Crippen LogP contribution in [0.5, 0.6) is 0 Å². The average Bonchev–Trinajstić information content (AvgIpc) is 3.39. The van der Waals surface area contributed by atoms with E-state index in [4.69, 9.17) is 27.0 Å². The van der Waals surface area contributed by atoms with Crippen molar-refractivity contribution in [3.05, 3.63) is 18.6 Å². The van der Waals surface area contributed by atoms with Crippen LogP contribution in [0.15, 0.2) is 18.6 Å². The molecule has 2 aromatic heterocycles. The third kappa shape index (κ3) is 9.00. The van der Waals surface area contributed by atoms with E-state index in [1.807, 2.05) is 19.2 Å². The van der Waals surface area contributed by atoms with Gasteiger partial charge in [-0.2, -0.15) is 5.26 Å². The van der Waals surface area contributed by atoms with Gasteiger partial charge in [-0.15, -0.1) is 0 Å². The van der Waals surface area contributed by atoms with Crippen molar-refractivity contribution < 1.29 is 23.9 Å². The molecule has 1 fully saturated rings. The number of aromatic nitrogens is 3. The second-order valence-corrected chi connectivity index (χ2v) is 12.1. The lowest BCUT2D eigenvalue weighted by molar-refractivity contribution is -0.142. The van der Waals surface area contributed by atoms with Gasteiger partial charge in [-0.3, -0.25) is 9.36 Å². The lowest BCUT2D eigenvalue weighted by Gasteiger charge is -2.42. The Bertz CT molecular complexity index is 1350. The van der Waals surface area contributed by atoms with Crippen LogP contribution in [0, 0.1) is 17.2 Å². The summed E-state index contributed by atoms with van der Waals surface area (Å²) >= 11 is 5.68. The first-order chi connectivity index (χ1) is 20.4. The van der Waals surface area contributed by atoms with E-state index < -0.39 is 23.7 Å². The normalized spacial score (nSPS) is 17.5. The molecule has 1 saturated heterocycles. The van der Waals surface area contributed by atoms with Crippen molar-refractivity contribution in [2.24, 2.45) is 5.92 Å². The molecule has 3 rings (SSSR count). The number of likely N-dealkylation sites (N-methyl/N-ethyl adjacent to an activating group) is 1. The van der Waals surface area contributed by atoms with Crippen LogP contribution in [-0.2, 0) is 19.1 Å². The van der Waals surface area contributed by atoms with E-state index in [-0.39, 0.29) is 23.5 Å². The molecule has 0 radical (unpaired) electrons. The van der Waals surface area contributed by atoms with Crippen LogP contribution in [0.3, 0.4) is 0 Å². The van der Waals surface area contributed by atoms with Crippen molar-refractivity contribution in [3.8, 4) is 6.07 Å². The quantitative estimate of drug-likeness (QED) is 0.231. The van der Waals surface area contributed by atoms with Crippen molar-refractivity contribution in [1.29, 1.82) is 5.26 Å². The first-order valence-corrected chi connectivity index (χ1v) is 14.8. The van der Waals surface area contributed by atoms with Crippen molar-refractivity contribution >= 4 is 52.2 Å². The number of rotatable bonds is 10. The molecule has 0 spiro atoms. The monoisotopic (exact) mass is 614 g/mol. The molecular weight excluding hydrogens is 572 g/mol. The van der Waals surface area contributed by atoms with Crippen molar-refractivity contribution in [2.75, 3.05) is 38.7 Å². The minimum Gasteiger partial charge on any atom is -0.467 e. The summed E-state index contributed by atoms with van der Waals surface area (Å²) < 4.78 is 11.9. The summed E-state index contributed by atoms with van der Waals surface area (Å²) in [6, 6.07) is 3.12. The third-order valence-corrected chi connectivity index (χ3v) is 7.70. The van der Waals surface area contributed by atoms with Gasteiger partial charge in [0.1, 0.15) is 30.2 Å². The van der Waals surface area contributed by atoms with Gasteiger partial charge in [0.25, 0.3) is 0 Å². The second kappa shape index (κ2) is 15.0. The molecule has 3 atom stereocenters. The molecule has 0 aliphatic carbocycles. The number of methoxy groups -OCH3 is 1. The van der Waals surface area contributed by atoms with E-state index in [0.717, 1.165) is 11.8 Å². The number of fused-ring (bicyclic) bond motifs is 1. The predicted octanol–water partition coefficient (Wildman–Crippen LogP) is 2.98. The summed E-state index contributed by atoms with van der Waals surface area (Å²) in [6.45, 7) is 9.09. The van der Waals surface area contributed by atoms with Gasteiger partial charge in [0.15, 0.2) is 10.8 Å². The van der Waals surface area contributed by atoms with E-state index in [2.05, 4.69) is 32.4 Å². The number of hydrogen-bond donors (Lipinski definition) is 2. The highest BCUT2D eigenvalue weighted by atomic mass is 32.1. The third-order valence-electron chi connectivity index (χ3n) is 7.38.